The standard InChI is InChI=1S/C27H20NO.C26H18NO.C25H16NO.3C5H8O2.3Ir/c1-18-8-6-9-19(2)27(18)25-16-23-15-24(28-17-26(23)29-25)22-13-7-12-21(14-22)20-10-4-3-5-11-20;1-18-10-12-20(13-11-18)25-16-23-15-24(27-17-26(23)28-25)22-9-5-8-21(14-22)19-6-3-2-4-7-19;1-3-8-18(9-4-1)20-12-7-13-21(14-20)23-15-22-16-24(27-25(22)17-26-23)19-10-5-2-6-11-19;3*1-4(6)3-5(2)7;;;/h3-12,14-17H,1-2H3;2-8,10-17H,1H3;1-12,14-17H;3*3,6H,1-2H3;;;/q3*-1;;;;;;. The molecule has 3 radical (unpaired) electrons. The van der Waals surface area contributed by atoms with Gasteiger partial charge in [0.2, 0.25) is 0 Å². The van der Waals surface area contributed by atoms with Crippen LogP contribution in [-0.2, 0) is 74.7 Å². The molecule has 15 rings (SSSR count). The molecule has 0 unspecified atom stereocenters. The van der Waals surface area contributed by atoms with E-state index in [1.54, 1.807) is 12.4 Å². The first-order chi connectivity index (χ1) is 50.7. The number of hydrogen-bond donors (Lipinski definition) is 3. The predicted octanol–water partition coefficient (Wildman–Crippen LogP) is 23.9. The maximum absolute atomic E-state index is 10.0. The largest absolute Gasteiger partial charge is 0.512 e. The third kappa shape index (κ3) is 24.1. The fourth-order valence-corrected chi connectivity index (χ4v) is 11.4. The topological polar surface area (TPSA) is 190 Å². The van der Waals surface area contributed by atoms with E-state index in [4.69, 9.17) is 28.6 Å². The molecular formula is C93H78Ir3N3O9-3. The number of pyridine rings is 3. The number of fused-ring (bicyclic) bond motifs is 3. The van der Waals surface area contributed by atoms with E-state index in [9.17, 15) is 14.4 Å². The molecule has 0 fully saturated rings. The number of carbonyl (C=O) groups is 3. The summed E-state index contributed by atoms with van der Waals surface area (Å²) in [5, 5.41) is 28.2. The van der Waals surface area contributed by atoms with Gasteiger partial charge in [0.1, 0.15) is 17.3 Å². The van der Waals surface area contributed by atoms with E-state index in [-0.39, 0.29) is 94.9 Å². The summed E-state index contributed by atoms with van der Waals surface area (Å²) in [6.45, 7) is 14.9. The second-order valence-corrected chi connectivity index (χ2v) is 24.9. The molecule has 0 atom stereocenters. The van der Waals surface area contributed by atoms with E-state index in [2.05, 4.69) is 218 Å². The number of aromatic nitrogens is 3. The van der Waals surface area contributed by atoms with Crippen molar-refractivity contribution < 1.29 is 103 Å². The zero-order valence-electron chi connectivity index (χ0n) is 60.8. The van der Waals surface area contributed by atoms with Crippen LogP contribution in [0.5, 0.6) is 0 Å². The summed E-state index contributed by atoms with van der Waals surface area (Å²) in [5.74, 6) is 2.41. The van der Waals surface area contributed by atoms with Crippen LogP contribution in [0.3, 0.4) is 0 Å². The molecule has 549 valence electrons. The molecule has 0 spiro atoms. The van der Waals surface area contributed by atoms with Crippen LogP contribution in [0.2, 0.25) is 0 Å². The summed E-state index contributed by atoms with van der Waals surface area (Å²) in [6, 6.07) is 96.7. The van der Waals surface area contributed by atoms with Gasteiger partial charge >= 0.3 is 0 Å². The number of benzene rings is 9. The Balaban J connectivity index is 0.000000196. The summed E-state index contributed by atoms with van der Waals surface area (Å²) in [5.41, 5.74) is 21.9. The molecule has 0 saturated heterocycles. The van der Waals surface area contributed by atoms with Gasteiger partial charge in [0.15, 0.2) is 34.1 Å². The molecule has 0 saturated carbocycles. The van der Waals surface area contributed by atoms with E-state index in [1.165, 1.54) is 93.2 Å². The van der Waals surface area contributed by atoms with Gasteiger partial charge in [-0.25, -0.2) is 0 Å². The first-order valence-corrected chi connectivity index (χ1v) is 33.9. The van der Waals surface area contributed by atoms with E-state index in [0.29, 0.717) is 0 Å². The van der Waals surface area contributed by atoms with Crippen molar-refractivity contribution in [2.75, 3.05) is 0 Å². The van der Waals surface area contributed by atoms with Crippen LogP contribution in [0.4, 0.5) is 0 Å². The molecule has 15 aromatic rings. The van der Waals surface area contributed by atoms with Gasteiger partial charge in [-0.3, -0.25) is 14.4 Å². The maximum atomic E-state index is 10.0. The molecule has 6 aromatic heterocycles. The van der Waals surface area contributed by atoms with Gasteiger partial charge in [0, 0.05) is 111 Å². The number of allylic oxidation sites excluding steroid dienone is 6. The Kier molecular flexibility index (Phi) is 31.8. The van der Waals surface area contributed by atoms with Gasteiger partial charge in [-0.05, 0) is 125 Å². The number of furan rings is 3. The Labute approximate surface area is 670 Å². The second-order valence-electron chi connectivity index (χ2n) is 24.9. The van der Waals surface area contributed by atoms with Gasteiger partial charge in [-0.2, -0.15) is 0 Å². The van der Waals surface area contributed by atoms with Crippen molar-refractivity contribution in [3.8, 4) is 101 Å². The minimum Gasteiger partial charge on any atom is -0.512 e. The number of nitrogens with zero attached hydrogens (tertiary/aromatic N) is 3. The summed E-state index contributed by atoms with van der Waals surface area (Å²) in [4.78, 5) is 43.9. The van der Waals surface area contributed by atoms with Gasteiger partial charge in [-0.1, -0.05) is 188 Å². The number of carbonyl (C=O) groups excluding carboxylic acids is 3. The minimum atomic E-state index is -0.125. The molecule has 6 heterocycles. The van der Waals surface area contributed by atoms with Crippen LogP contribution >= 0.6 is 0 Å². The molecule has 15 heteroatoms. The van der Waals surface area contributed by atoms with Crippen LogP contribution < -0.4 is 0 Å². The number of hydrogen-bond acceptors (Lipinski definition) is 12. The number of aliphatic hydroxyl groups excluding tert-OH is 3. The smallest absolute Gasteiger partial charge is 0.155 e. The average Bonchev–Trinajstić information content (AvgIpc) is 1.63. The Bertz CT molecular complexity index is 5480. The van der Waals surface area contributed by atoms with Crippen molar-refractivity contribution in [1.29, 1.82) is 0 Å². The molecule has 9 aromatic carbocycles. The average molecular weight is 1960 g/mol. The van der Waals surface area contributed by atoms with Crippen molar-refractivity contribution in [2.45, 2.75) is 62.3 Å². The van der Waals surface area contributed by atoms with Crippen molar-refractivity contribution in [3.05, 3.63) is 344 Å². The van der Waals surface area contributed by atoms with Crippen molar-refractivity contribution in [1.82, 2.24) is 15.0 Å². The Hall–Kier alpha value is -11.4. The minimum absolute atomic E-state index is 0. The molecule has 12 nitrogen and oxygen atoms in total. The molecule has 0 amide bonds. The molecule has 0 aliphatic carbocycles. The molecule has 108 heavy (non-hydrogen) atoms. The first kappa shape index (κ1) is 83.9. The van der Waals surface area contributed by atoms with Crippen molar-refractivity contribution >= 4 is 50.3 Å². The quantitative estimate of drug-likeness (QED) is 0.0597. The van der Waals surface area contributed by atoms with Gasteiger partial charge in [0.05, 0.1) is 35.9 Å². The van der Waals surface area contributed by atoms with Crippen LogP contribution in [0, 0.1) is 39.0 Å². The summed E-state index contributed by atoms with van der Waals surface area (Å²) in [6.07, 6.45) is 8.90. The normalized spacial score (nSPS) is 10.8. The van der Waals surface area contributed by atoms with Crippen molar-refractivity contribution in [3.63, 3.8) is 0 Å². The zero-order valence-corrected chi connectivity index (χ0v) is 68.0. The van der Waals surface area contributed by atoms with Crippen molar-refractivity contribution in [2.24, 2.45) is 0 Å². The number of aliphatic hydroxyl groups is 3. The van der Waals surface area contributed by atoms with Gasteiger partial charge in [-0.15, -0.1) is 106 Å². The van der Waals surface area contributed by atoms with E-state index >= 15 is 0 Å². The number of aryl methyl sites for hydroxylation is 3. The molecule has 0 aliphatic rings. The van der Waals surface area contributed by atoms with Gasteiger partial charge in [0.25, 0.3) is 0 Å². The summed E-state index contributed by atoms with van der Waals surface area (Å²) in [7, 11) is 0. The fourth-order valence-electron chi connectivity index (χ4n) is 11.4. The summed E-state index contributed by atoms with van der Waals surface area (Å²) >= 11 is 0. The third-order valence-electron chi connectivity index (χ3n) is 16.1. The van der Waals surface area contributed by atoms with E-state index in [1.807, 2.05) is 97.2 Å². The predicted molar refractivity (Wildman–Crippen MR) is 423 cm³/mol. The summed E-state index contributed by atoms with van der Waals surface area (Å²) < 4.78 is 18.1. The van der Waals surface area contributed by atoms with Crippen LogP contribution in [0.1, 0.15) is 58.2 Å². The maximum Gasteiger partial charge on any atom is 0.155 e. The second kappa shape index (κ2) is 40.9. The Morgan fingerprint density at radius 1 is 0.324 bits per heavy atom. The number of ketones is 3. The van der Waals surface area contributed by atoms with E-state index in [0.717, 1.165) is 117 Å². The monoisotopic (exact) mass is 1960 g/mol. The van der Waals surface area contributed by atoms with Crippen LogP contribution in [0.25, 0.3) is 134 Å². The van der Waals surface area contributed by atoms with Crippen LogP contribution in [0.15, 0.2) is 322 Å². The zero-order chi connectivity index (χ0) is 74.4. The Morgan fingerprint density at radius 3 is 0.907 bits per heavy atom. The third-order valence-corrected chi connectivity index (χ3v) is 16.1. The molecule has 0 bridgehead atoms. The Morgan fingerprint density at radius 2 is 0.611 bits per heavy atom. The molecule has 0 aliphatic heterocycles. The number of rotatable bonds is 12. The molecular weight excluding hydrogens is 1880 g/mol. The fraction of sp³-hybridized carbons (Fsp3) is 0.0968. The van der Waals surface area contributed by atoms with E-state index < -0.39 is 0 Å². The van der Waals surface area contributed by atoms with Gasteiger partial charge < -0.3 is 43.5 Å². The van der Waals surface area contributed by atoms with Crippen LogP contribution in [-0.4, -0.2) is 47.6 Å². The SMILES string of the molecule is CC(=O)C=C(C)O.CC(=O)C=C(C)O.CC(=O)C=C(C)O.Cc1ccc(-c2cc3cc(-c4[c-]ccc(-c5ccccc5)c4)ncc3o2)cc1.Cc1cccc(C)c1-c1cc2cc(-c3[c-]ccc(-c4ccccc4)c3)ncc2o1.[Ir].[Ir].[Ir].[c-]1ccc(-c2ccccc2)cc1-c1cc2cc(-c3ccccc3)oc2cn1. The molecule has 3 N–H and O–H groups in total. The first-order valence-electron chi connectivity index (χ1n) is 33.9.